The summed E-state index contributed by atoms with van der Waals surface area (Å²) in [5.74, 6) is -0.902. The minimum atomic E-state index is -0.491. The molecule has 0 unspecified atom stereocenters. The number of piperazine rings is 1. The number of hydrogen-bond acceptors (Lipinski definition) is 5. The summed E-state index contributed by atoms with van der Waals surface area (Å²) in [5, 5.41) is 2.75. The molecule has 0 radical (unpaired) electrons. The second-order valence-corrected chi connectivity index (χ2v) is 6.76. The van der Waals surface area contributed by atoms with Gasteiger partial charge in [0.2, 0.25) is 0 Å². The molecule has 7 nitrogen and oxygen atoms in total. The highest BCUT2D eigenvalue weighted by Crippen LogP contribution is 2.08. The van der Waals surface area contributed by atoms with Crippen LogP contribution in [0.1, 0.15) is 5.56 Å². The van der Waals surface area contributed by atoms with Gasteiger partial charge >= 0.3 is 11.8 Å². The Morgan fingerprint density at radius 3 is 2.31 bits per heavy atom. The van der Waals surface area contributed by atoms with Crippen LogP contribution in [0.25, 0.3) is 0 Å². The number of ether oxygens (including phenoxy) is 1. The molecule has 1 aromatic carbocycles. The van der Waals surface area contributed by atoms with Gasteiger partial charge in [0.05, 0.1) is 13.2 Å². The van der Waals surface area contributed by atoms with Crippen LogP contribution in [0, 0.1) is 0 Å². The Hall–Kier alpha value is -1.96. The summed E-state index contributed by atoms with van der Waals surface area (Å²) >= 11 is 0. The van der Waals surface area contributed by atoms with Crippen molar-refractivity contribution in [2.24, 2.45) is 0 Å². The molecule has 0 spiro atoms. The number of nitrogens with zero attached hydrogens (tertiary/aromatic N) is 3. The van der Waals surface area contributed by atoms with Crippen LogP contribution in [-0.4, -0.2) is 92.1 Å². The first kappa shape index (κ1) is 18.8. The molecule has 26 heavy (non-hydrogen) atoms. The predicted octanol–water partition coefficient (Wildman–Crippen LogP) is -0.221. The number of nitrogens with one attached hydrogen (secondary N) is 1. The third kappa shape index (κ3) is 5.52. The maximum atomic E-state index is 12.3. The van der Waals surface area contributed by atoms with E-state index in [1.165, 1.54) is 5.56 Å². The van der Waals surface area contributed by atoms with Crippen LogP contribution < -0.4 is 5.32 Å². The molecule has 1 N–H and O–H groups in total. The Labute approximate surface area is 154 Å². The molecule has 2 amide bonds. The maximum Gasteiger partial charge on any atom is 0.311 e. The number of hydrogen-bond donors (Lipinski definition) is 1. The van der Waals surface area contributed by atoms with Crippen LogP contribution in [0.3, 0.4) is 0 Å². The molecule has 2 aliphatic heterocycles. The van der Waals surface area contributed by atoms with E-state index in [9.17, 15) is 9.59 Å². The zero-order valence-electron chi connectivity index (χ0n) is 15.2. The smallest absolute Gasteiger partial charge is 0.311 e. The highest BCUT2D eigenvalue weighted by atomic mass is 16.5. The van der Waals surface area contributed by atoms with E-state index in [0.29, 0.717) is 19.6 Å². The van der Waals surface area contributed by atoms with Crippen LogP contribution >= 0.6 is 0 Å². The average Bonchev–Trinajstić information content (AvgIpc) is 2.69. The highest BCUT2D eigenvalue weighted by Gasteiger charge is 2.25. The molecule has 7 heteroatoms. The van der Waals surface area contributed by atoms with Crippen molar-refractivity contribution in [2.45, 2.75) is 6.54 Å². The van der Waals surface area contributed by atoms with E-state index in [-0.39, 0.29) is 0 Å². The van der Waals surface area contributed by atoms with Crippen LogP contribution in [0.2, 0.25) is 0 Å². The second-order valence-electron chi connectivity index (χ2n) is 6.76. The van der Waals surface area contributed by atoms with Gasteiger partial charge in [0.25, 0.3) is 0 Å². The van der Waals surface area contributed by atoms with Gasteiger partial charge in [0.15, 0.2) is 0 Å². The van der Waals surface area contributed by atoms with Gasteiger partial charge in [0, 0.05) is 58.9 Å². The number of morpholine rings is 1. The van der Waals surface area contributed by atoms with Crippen molar-refractivity contribution in [1.82, 2.24) is 20.0 Å². The SMILES string of the molecule is O=C(NCCN1CCOCC1)C(=O)N1CCN(Cc2ccccc2)CC1. The van der Waals surface area contributed by atoms with Gasteiger partial charge in [-0.3, -0.25) is 19.4 Å². The standard InChI is InChI=1S/C19H28N4O3/c24-18(20-6-7-21-12-14-26-15-13-21)19(25)23-10-8-22(9-11-23)16-17-4-2-1-3-5-17/h1-5H,6-16H2,(H,20,24). The normalized spacial score (nSPS) is 19.3. The lowest BCUT2D eigenvalue weighted by Crippen LogP contribution is -2.53. The molecule has 1 aromatic rings. The van der Waals surface area contributed by atoms with E-state index in [4.69, 9.17) is 4.74 Å². The zero-order chi connectivity index (χ0) is 18.2. The fraction of sp³-hybridized carbons (Fsp3) is 0.579. The molecule has 0 saturated carbocycles. The van der Waals surface area contributed by atoms with E-state index in [1.54, 1.807) is 4.90 Å². The molecule has 0 atom stereocenters. The Morgan fingerprint density at radius 2 is 1.62 bits per heavy atom. The van der Waals surface area contributed by atoms with Crippen LogP contribution in [-0.2, 0) is 20.9 Å². The van der Waals surface area contributed by atoms with E-state index < -0.39 is 11.8 Å². The first-order valence-electron chi connectivity index (χ1n) is 9.36. The monoisotopic (exact) mass is 360 g/mol. The summed E-state index contributed by atoms with van der Waals surface area (Å²) < 4.78 is 5.30. The van der Waals surface area contributed by atoms with Gasteiger partial charge in [-0.05, 0) is 5.56 Å². The molecule has 2 aliphatic rings. The maximum absolute atomic E-state index is 12.3. The van der Waals surface area contributed by atoms with E-state index in [1.807, 2.05) is 18.2 Å². The summed E-state index contributed by atoms with van der Waals surface area (Å²) in [7, 11) is 0. The number of carbonyl (C=O) groups excluding carboxylic acids is 2. The molecule has 2 saturated heterocycles. The summed E-state index contributed by atoms with van der Waals surface area (Å²) in [6.45, 7) is 8.16. The molecule has 0 aliphatic carbocycles. The van der Waals surface area contributed by atoms with Gasteiger partial charge in [-0.15, -0.1) is 0 Å². The number of rotatable bonds is 5. The largest absolute Gasteiger partial charge is 0.379 e. The molecular formula is C19H28N4O3. The summed E-state index contributed by atoms with van der Waals surface area (Å²) in [6.07, 6.45) is 0. The van der Waals surface area contributed by atoms with Crippen LogP contribution in [0.4, 0.5) is 0 Å². The minimum absolute atomic E-state index is 0.411. The highest BCUT2D eigenvalue weighted by molar-refractivity contribution is 6.35. The zero-order valence-corrected chi connectivity index (χ0v) is 15.2. The minimum Gasteiger partial charge on any atom is -0.379 e. The Balaban J connectivity index is 1.35. The van der Waals surface area contributed by atoms with Crippen molar-refractivity contribution < 1.29 is 14.3 Å². The number of benzene rings is 1. The molecular weight excluding hydrogens is 332 g/mol. The lowest BCUT2D eigenvalue weighted by molar-refractivity contribution is -0.147. The summed E-state index contributed by atoms with van der Waals surface area (Å²) in [6, 6.07) is 10.3. The predicted molar refractivity (Wildman–Crippen MR) is 98.6 cm³/mol. The van der Waals surface area contributed by atoms with E-state index in [0.717, 1.165) is 52.5 Å². The van der Waals surface area contributed by atoms with Gasteiger partial charge in [0.1, 0.15) is 0 Å². The molecule has 0 aromatic heterocycles. The molecule has 2 heterocycles. The molecule has 2 fully saturated rings. The first-order valence-corrected chi connectivity index (χ1v) is 9.36. The lowest BCUT2D eigenvalue weighted by atomic mass is 10.2. The number of amides is 2. The summed E-state index contributed by atoms with van der Waals surface area (Å²) in [5.41, 5.74) is 1.27. The van der Waals surface area contributed by atoms with Crippen molar-refractivity contribution in [2.75, 3.05) is 65.6 Å². The third-order valence-corrected chi connectivity index (χ3v) is 4.92. The van der Waals surface area contributed by atoms with Gasteiger partial charge in [-0.2, -0.15) is 0 Å². The molecule has 142 valence electrons. The van der Waals surface area contributed by atoms with Crippen molar-refractivity contribution in [3.63, 3.8) is 0 Å². The second kappa shape index (κ2) is 9.66. The molecule has 3 rings (SSSR count). The average molecular weight is 360 g/mol. The summed E-state index contributed by atoms with van der Waals surface area (Å²) in [4.78, 5) is 30.6. The Kier molecular flexibility index (Phi) is 6.99. The van der Waals surface area contributed by atoms with Crippen molar-refractivity contribution >= 4 is 11.8 Å². The lowest BCUT2D eigenvalue weighted by Gasteiger charge is -2.34. The fourth-order valence-electron chi connectivity index (χ4n) is 3.32. The number of carbonyl (C=O) groups is 2. The van der Waals surface area contributed by atoms with Crippen LogP contribution in [0.5, 0.6) is 0 Å². The topological polar surface area (TPSA) is 65.1 Å². The van der Waals surface area contributed by atoms with Crippen molar-refractivity contribution in [1.29, 1.82) is 0 Å². The Morgan fingerprint density at radius 1 is 0.923 bits per heavy atom. The fourth-order valence-corrected chi connectivity index (χ4v) is 3.32. The van der Waals surface area contributed by atoms with Crippen molar-refractivity contribution in [3.05, 3.63) is 35.9 Å². The van der Waals surface area contributed by atoms with Gasteiger partial charge in [-0.1, -0.05) is 30.3 Å². The van der Waals surface area contributed by atoms with Crippen LogP contribution in [0.15, 0.2) is 30.3 Å². The molecule has 0 bridgehead atoms. The third-order valence-electron chi connectivity index (χ3n) is 4.92. The van der Waals surface area contributed by atoms with E-state index in [2.05, 4.69) is 27.2 Å². The van der Waals surface area contributed by atoms with Gasteiger partial charge < -0.3 is 15.0 Å². The van der Waals surface area contributed by atoms with Crippen molar-refractivity contribution in [3.8, 4) is 0 Å². The van der Waals surface area contributed by atoms with Gasteiger partial charge in [-0.25, -0.2) is 0 Å². The Bertz CT molecular complexity index is 582. The first-order chi connectivity index (χ1) is 12.7. The quantitative estimate of drug-likeness (QED) is 0.736. The van der Waals surface area contributed by atoms with E-state index >= 15 is 0 Å².